The SMILES string of the molecule is COCCOCc1n[nH]c(C)n1. The number of nitrogens with zero attached hydrogens (tertiary/aromatic N) is 2. The second kappa shape index (κ2) is 4.84. The summed E-state index contributed by atoms with van der Waals surface area (Å²) < 4.78 is 10.0. The van der Waals surface area contributed by atoms with Gasteiger partial charge in [-0.05, 0) is 6.92 Å². The number of aromatic amines is 1. The maximum Gasteiger partial charge on any atom is 0.176 e. The van der Waals surface area contributed by atoms with Gasteiger partial charge in [0.2, 0.25) is 0 Å². The Labute approximate surface area is 71.1 Å². The van der Waals surface area contributed by atoms with Crippen LogP contribution >= 0.6 is 0 Å². The Morgan fingerprint density at radius 1 is 1.42 bits per heavy atom. The summed E-state index contributed by atoms with van der Waals surface area (Å²) in [6, 6.07) is 0. The minimum absolute atomic E-state index is 0.438. The fraction of sp³-hybridized carbons (Fsp3) is 0.714. The quantitative estimate of drug-likeness (QED) is 0.646. The second-order valence-corrected chi connectivity index (χ2v) is 2.38. The predicted octanol–water partition coefficient (Wildman–Crippen LogP) is 0.276. The standard InChI is InChI=1S/C7H13N3O2/c1-6-8-7(10-9-6)5-12-4-3-11-2/h3-5H2,1-2H3,(H,8,9,10). The number of rotatable bonds is 5. The van der Waals surface area contributed by atoms with Gasteiger partial charge in [0, 0.05) is 7.11 Å². The van der Waals surface area contributed by atoms with Crippen LogP contribution in [0.1, 0.15) is 11.6 Å². The van der Waals surface area contributed by atoms with E-state index >= 15 is 0 Å². The number of ether oxygens (including phenoxy) is 2. The van der Waals surface area contributed by atoms with Gasteiger partial charge in [-0.15, -0.1) is 0 Å². The molecule has 0 spiro atoms. The molecule has 0 unspecified atom stereocenters. The fourth-order valence-corrected chi connectivity index (χ4v) is 0.759. The van der Waals surface area contributed by atoms with Gasteiger partial charge >= 0.3 is 0 Å². The van der Waals surface area contributed by atoms with E-state index in [-0.39, 0.29) is 0 Å². The van der Waals surface area contributed by atoms with Gasteiger partial charge in [0.05, 0.1) is 13.2 Å². The van der Waals surface area contributed by atoms with Gasteiger partial charge in [-0.2, -0.15) is 5.10 Å². The van der Waals surface area contributed by atoms with E-state index in [0.717, 1.165) is 5.82 Å². The molecule has 0 amide bonds. The Kier molecular flexibility index (Phi) is 3.69. The molecule has 0 saturated heterocycles. The van der Waals surface area contributed by atoms with E-state index in [1.165, 1.54) is 0 Å². The van der Waals surface area contributed by atoms with Crippen LogP contribution in [0, 0.1) is 6.92 Å². The molecule has 5 nitrogen and oxygen atoms in total. The van der Waals surface area contributed by atoms with Crippen LogP contribution < -0.4 is 0 Å². The van der Waals surface area contributed by atoms with Crippen LogP contribution in [-0.2, 0) is 16.1 Å². The lowest BCUT2D eigenvalue weighted by Crippen LogP contribution is -2.02. The number of H-pyrrole nitrogens is 1. The van der Waals surface area contributed by atoms with E-state index < -0.39 is 0 Å². The van der Waals surface area contributed by atoms with Gasteiger partial charge in [0.25, 0.3) is 0 Å². The Balaban J connectivity index is 2.15. The average molecular weight is 171 g/mol. The first kappa shape index (κ1) is 9.15. The Morgan fingerprint density at radius 3 is 2.83 bits per heavy atom. The van der Waals surface area contributed by atoms with Crippen LogP contribution in [0.5, 0.6) is 0 Å². The summed E-state index contributed by atoms with van der Waals surface area (Å²) in [6.45, 7) is 3.47. The van der Waals surface area contributed by atoms with Gasteiger partial charge in [0.1, 0.15) is 12.4 Å². The normalized spacial score (nSPS) is 10.5. The molecule has 1 rings (SSSR count). The average Bonchev–Trinajstić information content (AvgIpc) is 2.45. The van der Waals surface area contributed by atoms with Crippen molar-refractivity contribution < 1.29 is 9.47 Å². The highest BCUT2D eigenvalue weighted by Crippen LogP contribution is 1.92. The van der Waals surface area contributed by atoms with E-state index in [2.05, 4.69) is 15.2 Å². The zero-order chi connectivity index (χ0) is 8.81. The molecule has 0 aliphatic heterocycles. The molecule has 5 heteroatoms. The summed E-state index contributed by atoms with van der Waals surface area (Å²) in [5.41, 5.74) is 0. The molecule has 1 aromatic rings. The molecular weight excluding hydrogens is 158 g/mol. The zero-order valence-corrected chi connectivity index (χ0v) is 7.33. The van der Waals surface area contributed by atoms with Crippen molar-refractivity contribution >= 4 is 0 Å². The molecule has 0 aromatic carbocycles. The molecule has 68 valence electrons. The van der Waals surface area contributed by atoms with Crippen molar-refractivity contribution in [3.63, 3.8) is 0 Å². The number of hydrogen-bond donors (Lipinski definition) is 1. The molecule has 0 aliphatic rings. The van der Waals surface area contributed by atoms with E-state index in [0.29, 0.717) is 25.6 Å². The molecule has 1 N–H and O–H groups in total. The van der Waals surface area contributed by atoms with Gasteiger partial charge in [-0.1, -0.05) is 0 Å². The second-order valence-electron chi connectivity index (χ2n) is 2.38. The first-order valence-electron chi connectivity index (χ1n) is 3.77. The van der Waals surface area contributed by atoms with Gasteiger partial charge < -0.3 is 9.47 Å². The molecule has 0 aliphatic carbocycles. The number of nitrogens with one attached hydrogen (secondary N) is 1. The number of aryl methyl sites for hydroxylation is 1. The monoisotopic (exact) mass is 171 g/mol. The smallest absolute Gasteiger partial charge is 0.176 e. The van der Waals surface area contributed by atoms with Crippen LogP contribution in [0.2, 0.25) is 0 Å². The number of aromatic nitrogens is 3. The third-order valence-corrected chi connectivity index (χ3v) is 1.31. The molecule has 0 fully saturated rings. The zero-order valence-electron chi connectivity index (χ0n) is 7.33. The summed E-state index contributed by atoms with van der Waals surface area (Å²) in [4.78, 5) is 4.08. The minimum Gasteiger partial charge on any atom is -0.382 e. The lowest BCUT2D eigenvalue weighted by atomic mass is 10.6. The van der Waals surface area contributed by atoms with Crippen LogP contribution in [-0.4, -0.2) is 35.5 Å². The summed E-state index contributed by atoms with van der Waals surface area (Å²) in [6.07, 6.45) is 0. The van der Waals surface area contributed by atoms with Crippen molar-refractivity contribution in [3.8, 4) is 0 Å². The minimum atomic E-state index is 0.438. The summed E-state index contributed by atoms with van der Waals surface area (Å²) in [7, 11) is 1.64. The van der Waals surface area contributed by atoms with Crippen LogP contribution in [0.3, 0.4) is 0 Å². The molecular formula is C7H13N3O2. The highest BCUT2D eigenvalue weighted by Gasteiger charge is 1.98. The van der Waals surface area contributed by atoms with Crippen LogP contribution in [0.15, 0.2) is 0 Å². The maximum absolute atomic E-state index is 5.20. The number of hydrogen-bond acceptors (Lipinski definition) is 4. The predicted molar refractivity (Wildman–Crippen MR) is 42.7 cm³/mol. The van der Waals surface area contributed by atoms with Gasteiger partial charge in [0.15, 0.2) is 5.82 Å². The van der Waals surface area contributed by atoms with Gasteiger partial charge in [-0.3, -0.25) is 5.10 Å². The summed E-state index contributed by atoms with van der Waals surface area (Å²) >= 11 is 0. The van der Waals surface area contributed by atoms with Crippen molar-refractivity contribution in [3.05, 3.63) is 11.6 Å². The number of methoxy groups -OCH3 is 1. The van der Waals surface area contributed by atoms with Crippen LogP contribution in [0.25, 0.3) is 0 Å². The van der Waals surface area contributed by atoms with Crippen LogP contribution in [0.4, 0.5) is 0 Å². The maximum atomic E-state index is 5.20. The molecule has 0 radical (unpaired) electrons. The van der Waals surface area contributed by atoms with Crippen molar-refractivity contribution in [1.29, 1.82) is 0 Å². The Bertz CT molecular complexity index is 224. The highest BCUT2D eigenvalue weighted by molar-refractivity contribution is 4.84. The summed E-state index contributed by atoms with van der Waals surface area (Å²) in [5, 5.41) is 6.65. The largest absolute Gasteiger partial charge is 0.382 e. The van der Waals surface area contributed by atoms with Gasteiger partial charge in [-0.25, -0.2) is 4.98 Å². The molecule has 0 atom stereocenters. The molecule has 1 heterocycles. The van der Waals surface area contributed by atoms with E-state index in [9.17, 15) is 0 Å². The fourth-order valence-electron chi connectivity index (χ4n) is 0.759. The van der Waals surface area contributed by atoms with Crippen molar-refractivity contribution in [2.45, 2.75) is 13.5 Å². The topological polar surface area (TPSA) is 60.0 Å². The Hall–Kier alpha value is -0.940. The molecule has 0 bridgehead atoms. The molecule has 12 heavy (non-hydrogen) atoms. The van der Waals surface area contributed by atoms with E-state index in [1.54, 1.807) is 7.11 Å². The third kappa shape index (κ3) is 2.98. The van der Waals surface area contributed by atoms with Crippen molar-refractivity contribution in [2.75, 3.05) is 20.3 Å². The third-order valence-electron chi connectivity index (χ3n) is 1.31. The first-order chi connectivity index (χ1) is 5.83. The molecule has 0 saturated carbocycles. The molecule has 1 aromatic heterocycles. The van der Waals surface area contributed by atoms with E-state index in [1.807, 2.05) is 6.92 Å². The highest BCUT2D eigenvalue weighted by atomic mass is 16.5. The Morgan fingerprint density at radius 2 is 2.25 bits per heavy atom. The van der Waals surface area contributed by atoms with E-state index in [4.69, 9.17) is 9.47 Å². The van der Waals surface area contributed by atoms with Crippen molar-refractivity contribution in [1.82, 2.24) is 15.2 Å². The lowest BCUT2D eigenvalue weighted by molar-refractivity contribution is 0.0587. The van der Waals surface area contributed by atoms with Crippen molar-refractivity contribution in [2.24, 2.45) is 0 Å². The lowest BCUT2D eigenvalue weighted by Gasteiger charge is -1.98. The summed E-state index contributed by atoms with van der Waals surface area (Å²) in [5.74, 6) is 1.49. The first-order valence-corrected chi connectivity index (χ1v) is 3.77.